The van der Waals surface area contributed by atoms with E-state index in [4.69, 9.17) is 4.74 Å². The second-order valence-electron chi connectivity index (χ2n) is 5.80. The Morgan fingerprint density at radius 2 is 1.77 bits per heavy atom. The van der Waals surface area contributed by atoms with Gasteiger partial charge in [-0.05, 0) is 48.2 Å². The molecule has 0 aliphatic rings. The van der Waals surface area contributed by atoms with Gasteiger partial charge in [-0.1, -0.05) is 24.3 Å². The average molecular weight is 377 g/mol. The van der Waals surface area contributed by atoms with Crippen molar-refractivity contribution >= 4 is 16.0 Å². The molecule has 0 fully saturated rings. The quantitative estimate of drug-likeness (QED) is 0.536. The third-order valence-electron chi connectivity index (χ3n) is 3.83. The molecule has 6 nitrogen and oxygen atoms in total. The number of methoxy groups -OCH3 is 2. The number of hydrogen-bond acceptors (Lipinski definition) is 5. The molecule has 0 aromatic heterocycles. The molecule has 0 bridgehead atoms. The second-order valence-corrected chi connectivity index (χ2v) is 7.60. The molecule has 26 heavy (non-hydrogen) atoms. The van der Waals surface area contributed by atoms with Crippen molar-refractivity contribution in [3.05, 3.63) is 65.2 Å². The summed E-state index contributed by atoms with van der Waals surface area (Å²) in [5, 5.41) is 0. The van der Waals surface area contributed by atoms with E-state index in [1.807, 2.05) is 24.3 Å². The molecule has 0 aliphatic heterocycles. The van der Waals surface area contributed by atoms with Crippen LogP contribution in [0.5, 0.6) is 5.75 Å². The van der Waals surface area contributed by atoms with Gasteiger partial charge in [-0.15, -0.1) is 0 Å². The highest BCUT2D eigenvalue weighted by molar-refractivity contribution is 7.88. The van der Waals surface area contributed by atoms with Gasteiger partial charge in [0, 0.05) is 6.54 Å². The number of nitrogens with one attached hydrogen (secondary N) is 1. The third kappa shape index (κ3) is 6.16. The highest BCUT2D eigenvalue weighted by atomic mass is 32.2. The molecule has 1 N–H and O–H groups in total. The molecule has 2 rings (SSSR count). The Hall–Kier alpha value is -2.38. The van der Waals surface area contributed by atoms with Crippen LogP contribution in [0.4, 0.5) is 0 Å². The highest BCUT2D eigenvalue weighted by Gasteiger charge is 2.12. The largest absolute Gasteiger partial charge is 0.497 e. The molecule has 0 saturated carbocycles. The Bertz CT molecular complexity index is 831. The van der Waals surface area contributed by atoms with Crippen molar-refractivity contribution in [2.24, 2.45) is 0 Å². The molecule has 0 heterocycles. The van der Waals surface area contributed by atoms with Crippen LogP contribution >= 0.6 is 0 Å². The fourth-order valence-corrected chi connectivity index (χ4v) is 3.66. The molecular weight excluding hydrogens is 354 g/mol. The lowest BCUT2D eigenvalue weighted by molar-refractivity contribution is 0.0600. The minimum absolute atomic E-state index is 0.131. The van der Waals surface area contributed by atoms with Gasteiger partial charge in [-0.25, -0.2) is 17.9 Å². The van der Waals surface area contributed by atoms with Crippen LogP contribution in [-0.4, -0.2) is 35.2 Å². The Morgan fingerprint density at radius 3 is 2.42 bits per heavy atom. The number of ether oxygens (including phenoxy) is 2. The summed E-state index contributed by atoms with van der Waals surface area (Å²) in [6, 6.07) is 14.0. The number of aryl methyl sites for hydroxylation is 1. The van der Waals surface area contributed by atoms with Crippen LogP contribution in [0.3, 0.4) is 0 Å². The smallest absolute Gasteiger partial charge is 0.337 e. The summed E-state index contributed by atoms with van der Waals surface area (Å²) in [5.41, 5.74) is 2.10. The fraction of sp³-hybridized carbons (Fsp3) is 0.316. The minimum Gasteiger partial charge on any atom is -0.497 e. The van der Waals surface area contributed by atoms with Crippen LogP contribution in [0.25, 0.3) is 0 Å². The standard InChI is InChI=1S/C19H23NO5S/c1-24-18-7-3-5-15(13-18)6-4-12-20-26(22,23)14-16-8-10-17(11-9-16)19(21)25-2/h3,5,7-11,13,20H,4,6,12,14H2,1-2H3. The van der Waals surface area contributed by atoms with Gasteiger partial charge in [0.15, 0.2) is 0 Å². The van der Waals surface area contributed by atoms with Crippen LogP contribution in [-0.2, 0) is 26.9 Å². The van der Waals surface area contributed by atoms with Crippen molar-refractivity contribution in [3.8, 4) is 5.75 Å². The summed E-state index contributed by atoms with van der Waals surface area (Å²) in [5.74, 6) is 0.210. The SMILES string of the molecule is COC(=O)c1ccc(CS(=O)(=O)NCCCc2cccc(OC)c2)cc1. The van der Waals surface area contributed by atoms with Crippen molar-refractivity contribution in [1.82, 2.24) is 4.72 Å². The zero-order valence-corrected chi connectivity index (χ0v) is 15.7. The minimum atomic E-state index is -3.43. The first-order valence-electron chi connectivity index (χ1n) is 8.21. The van der Waals surface area contributed by atoms with Crippen molar-refractivity contribution in [1.29, 1.82) is 0 Å². The molecule has 140 valence electrons. The van der Waals surface area contributed by atoms with E-state index in [1.165, 1.54) is 7.11 Å². The molecule has 2 aromatic carbocycles. The molecule has 0 saturated heterocycles. The lowest BCUT2D eigenvalue weighted by Gasteiger charge is -2.08. The monoisotopic (exact) mass is 377 g/mol. The van der Waals surface area contributed by atoms with Crippen LogP contribution in [0.15, 0.2) is 48.5 Å². The summed E-state index contributed by atoms with van der Waals surface area (Å²) < 4.78 is 36.7. The first kappa shape index (κ1) is 19.9. The molecule has 0 unspecified atom stereocenters. The van der Waals surface area contributed by atoms with Gasteiger partial charge in [-0.2, -0.15) is 0 Å². The predicted molar refractivity (Wildman–Crippen MR) is 99.7 cm³/mol. The van der Waals surface area contributed by atoms with E-state index in [0.29, 0.717) is 24.1 Å². The second kappa shape index (κ2) is 9.35. The van der Waals surface area contributed by atoms with E-state index in [1.54, 1.807) is 31.4 Å². The van der Waals surface area contributed by atoms with Gasteiger partial charge in [0.25, 0.3) is 0 Å². The topological polar surface area (TPSA) is 81.7 Å². The highest BCUT2D eigenvalue weighted by Crippen LogP contribution is 2.14. The Labute approximate surface area is 154 Å². The first-order chi connectivity index (χ1) is 12.4. The molecule has 0 amide bonds. The zero-order chi connectivity index (χ0) is 19.0. The summed E-state index contributed by atoms with van der Waals surface area (Å²) in [4.78, 5) is 11.4. The number of carbonyl (C=O) groups is 1. The number of rotatable bonds is 9. The van der Waals surface area contributed by atoms with Gasteiger partial charge in [0.1, 0.15) is 5.75 Å². The van der Waals surface area contributed by atoms with E-state index in [0.717, 1.165) is 17.7 Å². The van der Waals surface area contributed by atoms with E-state index < -0.39 is 16.0 Å². The summed E-state index contributed by atoms with van der Waals surface area (Å²) in [7, 11) is -0.514. The van der Waals surface area contributed by atoms with Crippen molar-refractivity contribution in [3.63, 3.8) is 0 Å². The Balaban J connectivity index is 1.82. The van der Waals surface area contributed by atoms with Gasteiger partial charge in [0.2, 0.25) is 10.0 Å². The maximum absolute atomic E-state index is 12.2. The van der Waals surface area contributed by atoms with E-state index in [2.05, 4.69) is 9.46 Å². The van der Waals surface area contributed by atoms with E-state index in [-0.39, 0.29) is 5.75 Å². The number of sulfonamides is 1. The summed E-state index contributed by atoms with van der Waals surface area (Å²) >= 11 is 0. The molecule has 0 aliphatic carbocycles. The number of hydrogen-bond donors (Lipinski definition) is 1. The number of esters is 1. The van der Waals surface area contributed by atoms with Crippen LogP contribution in [0.2, 0.25) is 0 Å². The number of benzene rings is 2. The average Bonchev–Trinajstić information content (AvgIpc) is 2.65. The molecule has 2 aromatic rings. The van der Waals surface area contributed by atoms with Crippen LogP contribution in [0, 0.1) is 0 Å². The van der Waals surface area contributed by atoms with Gasteiger partial charge in [0.05, 0.1) is 25.5 Å². The maximum atomic E-state index is 12.2. The predicted octanol–water partition coefficient (Wildman–Crippen LogP) is 2.53. The van der Waals surface area contributed by atoms with Gasteiger partial charge >= 0.3 is 5.97 Å². The Kier molecular flexibility index (Phi) is 7.17. The van der Waals surface area contributed by atoms with E-state index in [9.17, 15) is 13.2 Å². The molecule has 7 heteroatoms. The number of carbonyl (C=O) groups excluding carboxylic acids is 1. The zero-order valence-electron chi connectivity index (χ0n) is 14.9. The van der Waals surface area contributed by atoms with Crippen LogP contribution in [0.1, 0.15) is 27.9 Å². The van der Waals surface area contributed by atoms with E-state index >= 15 is 0 Å². The molecular formula is C19H23NO5S. The molecule has 0 spiro atoms. The first-order valence-corrected chi connectivity index (χ1v) is 9.86. The lowest BCUT2D eigenvalue weighted by atomic mass is 10.1. The van der Waals surface area contributed by atoms with Crippen molar-refractivity contribution < 1.29 is 22.7 Å². The third-order valence-corrected chi connectivity index (χ3v) is 5.19. The van der Waals surface area contributed by atoms with Crippen molar-refractivity contribution in [2.45, 2.75) is 18.6 Å². The van der Waals surface area contributed by atoms with Gasteiger partial charge < -0.3 is 9.47 Å². The summed E-state index contributed by atoms with van der Waals surface area (Å²) in [6.07, 6.45) is 1.45. The summed E-state index contributed by atoms with van der Waals surface area (Å²) in [6.45, 7) is 0.361. The maximum Gasteiger partial charge on any atom is 0.337 e. The van der Waals surface area contributed by atoms with Crippen molar-refractivity contribution in [2.75, 3.05) is 20.8 Å². The fourth-order valence-electron chi connectivity index (χ4n) is 2.47. The Morgan fingerprint density at radius 1 is 1.04 bits per heavy atom. The normalized spacial score (nSPS) is 11.2. The molecule has 0 atom stereocenters. The lowest BCUT2D eigenvalue weighted by Crippen LogP contribution is -2.26. The molecule has 0 radical (unpaired) electrons. The van der Waals surface area contributed by atoms with Gasteiger partial charge in [-0.3, -0.25) is 0 Å². The van der Waals surface area contributed by atoms with Crippen LogP contribution < -0.4 is 9.46 Å².